The van der Waals surface area contributed by atoms with Crippen LogP contribution in [0.5, 0.6) is 5.75 Å². The van der Waals surface area contributed by atoms with Crippen molar-refractivity contribution in [2.75, 3.05) is 13.6 Å². The van der Waals surface area contributed by atoms with E-state index in [0.29, 0.717) is 13.1 Å². The van der Waals surface area contributed by atoms with E-state index in [1.54, 1.807) is 7.05 Å². The molecular weight excluding hydrogens is 228 g/mol. The molecule has 0 aromatic heterocycles. The lowest BCUT2D eigenvalue weighted by molar-refractivity contribution is -0.120. The van der Waals surface area contributed by atoms with Gasteiger partial charge in [-0.05, 0) is 45.5 Å². The van der Waals surface area contributed by atoms with Gasteiger partial charge in [-0.2, -0.15) is 0 Å². The SMILES string of the molecule is CNCC(=O)NCc1ccc(OC(C)(C)C)cc1. The summed E-state index contributed by atoms with van der Waals surface area (Å²) in [5.74, 6) is 0.834. The first-order chi connectivity index (χ1) is 8.40. The van der Waals surface area contributed by atoms with E-state index in [0.717, 1.165) is 11.3 Å². The van der Waals surface area contributed by atoms with Crippen molar-refractivity contribution in [3.05, 3.63) is 29.8 Å². The van der Waals surface area contributed by atoms with E-state index in [1.807, 2.05) is 45.0 Å². The van der Waals surface area contributed by atoms with E-state index in [2.05, 4.69) is 10.6 Å². The van der Waals surface area contributed by atoms with Crippen molar-refractivity contribution >= 4 is 5.91 Å². The maximum Gasteiger partial charge on any atom is 0.234 e. The lowest BCUT2D eigenvalue weighted by Gasteiger charge is -2.21. The van der Waals surface area contributed by atoms with E-state index in [-0.39, 0.29) is 11.5 Å². The van der Waals surface area contributed by atoms with E-state index in [1.165, 1.54) is 0 Å². The van der Waals surface area contributed by atoms with Crippen LogP contribution in [0.25, 0.3) is 0 Å². The number of amides is 1. The van der Waals surface area contributed by atoms with Crippen molar-refractivity contribution in [1.29, 1.82) is 0 Å². The molecule has 0 aliphatic carbocycles. The van der Waals surface area contributed by atoms with Crippen LogP contribution in [0.2, 0.25) is 0 Å². The Balaban J connectivity index is 2.48. The minimum atomic E-state index is -0.192. The number of likely N-dealkylation sites (N-methyl/N-ethyl adjacent to an activating group) is 1. The van der Waals surface area contributed by atoms with Gasteiger partial charge < -0.3 is 15.4 Å². The molecule has 1 aromatic rings. The molecule has 0 radical (unpaired) electrons. The minimum Gasteiger partial charge on any atom is -0.488 e. The maximum absolute atomic E-state index is 11.3. The summed E-state index contributed by atoms with van der Waals surface area (Å²) in [7, 11) is 1.75. The topological polar surface area (TPSA) is 50.4 Å². The Bertz CT molecular complexity index is 380. The Kier molecular flexibility index (Phi) is 5.16. The average molecular weight is 250 g/mol. The summed E-state index contributed by atoms with van der Waals surface area (Å²) in [5, 5.41) is 5.63. The van der Waals surface area contributed by atoms with Crippen molar-refractivity contribution in [2.45, 2.75) is 32.9 Å². The van der Waals surface area contributed by atoms with Crippen LogP contribution in [0.1, 0.15) is 26.3 Å². The van der Waals surface area contributed by atoms with Crippen LogP contribution in [-0.2, 0) is 11.3 Å². The molecular formula is C14H22N2O2. The van der Waals surface area contributed by atoms with E-state index in [9.17, 15) is 4.79 Å². The summed E-state index contributed by atoms with van der Waals surface area (Å²) in [6, 6.07) is 7.76. The van der Waals surface area contributed by atoms with E-state index in [4.69, 9.17) is 4.74 Å². The normalized spacial score (nSPS) is 11.1. The number of carbonyl (C=O) groups excluding carboxylic acids is 1. The number of ether oxygens (including phenoxy) is 1. The number of benzene rings is 1. The molecule has 0 atom stereocenters. The number of hydrogen-bond donors (Lipinski definition) is 2. The Morgan fingerprint density at radius 1 is 1.22 bits per heavy atom. The molecule has 0 aliphatic heterocycles. The lowest BCUT2D eigenvalue weighted by Crippen LogP contribution is -2.31. The Hall–Kier alpha value is -1.55. The van der Waals surface area contributed by atoms with Crippen LogP contribution >= 0.6 is 0 Å². The fourth-order valence-electron chi connectivity index (χ4n) is 1.45. The van der Waals surface area contributed by atoms with Crippen LogP contribution in [0.3, 0.4) is 0 Å². The summed E-state index contributed by atoms with van der Waals surface area (Å²) in [6.45, 7) is 6.91. The zero-order chi connectivity index (χ0) is 13.6. The van der Waals surface area contributed by atoms with Crippen molar-refractivity contribution in [1.82, 2.24) is 10.6 Å². The van der Waals surface area contributed by atoms with Gasteiger partial charge in [0.1, 0.15) is 11.4 Å². The van der Waals surface area contributed by atoms with Crippen LogP contribution in [0, 0.1) is 0 Å². The van der Waals surface area contributed by atoms with Crippen LogP contribution in [-0.4, -0.2) is 25.1 Å². The van der Waals surface area contributed by atoms with Gasteiger partial charge in [-0.3, -0.25) is 4.79 Å². The molecule has 18 heavy (non-hydrogen) atoms. The fourth-order valence-corrected chi connectivity index (χ4v) is 1.45. The molecule has 1 rings (SSSR count). The van der Waals surface area contributed by atoms with Gasteiger partial charge in [0.2, 0.25) is 5.91 Å². The van der Waals surface area contributed by atoms with E-state index >= 15 is 0 Å². The quantitative estimate of drug-likeness (QED) is 0.836. The molecule has 0 heterocycles. The first-order valence-corrected chi connectivity index (χ1v) is 6.10. The molecule has 1 amide bonds. The summed E-state index contributed by atoms with van der Waals surface area (Å²) in [6.07, 6.45) is 0. The monoisotopic (exact) mass is 250 g/mol. The highest BCUT2D eigenvalue weighted by Gasteiger charge is 2.11. The second-order valence-electron chi connectivity index (χ2n) is 5.17. The molecule has 1 aromatic carbocycles. The zero-order valence-corrected chi connectivity index (χ0v) is 11.5. The van der Waals surface area contributed by atoms with Gasteiger partial charge >= 0.3 is 0 Å². The van der Waals surface area contributed by atoms with Crippen molar-refractivity contribution in [3.8, 4) is 5.75 Å². The minimum absolute atomic E-state index is 0.00693. The highest BCUT2D eigenvalue weighted by Crippen LogP contribution is 2.18. The standard InChI is InChI=1S/C14H22N2O2/c1-14(2,3)18-12-7-5-11(6-8-12)9-16-13(17)10-15-4/h5-8,15H,9-10H2,1-4H3,(H,16,17). The van der Waals surface area contributed by atoms with Crippen molar-refractivity contribution in [2.24, 2.45) is 0 Å². The molecule has 2 N–H and O–H groups in total. The fraction of sp³-hybridized carbons (Fsp3) is 0.500. The second-order valence-corrected chi connectivity index (χ2v) is 5.17. The van der Waals surface area contributed by atoms with Crippen molar-refractivity contribution < 1.29 is 9.53 Å². The molecule has 0 aliphatic rings. The summed E-state index contributed by atoms with van der Waals surface area (Å²) < 4.78 is 5.72. The molecule has 0 bridgehead atoms. The number of rotatable bonds is 5. The zero-order valence-electron chi connectivity index (χ0n) is 11.5. The second kappa shape index (κ2) is 6.40. The highest BCUT2D eigenvalue weighted by molar-refractivity contribution is 5.77. The molecule has 4 nitrogen and oxygen atoms in total. The van der Waals surface area contributed by atoms with Gasteiger partial charge in [-0.1, -0.05) is 12.1 Å². The lowest BCUT2D eigenvalue weighted by atomic mass is 10.1. The Morgan fingerprint density at radius 2 is 1.83 bits per heavy atom. The number of hydrogen-bond acceptors (Lipinski definition) is 3. The van der Waals surface area contributed by atoms with Crippen molar-refractivity contribution in [3.63, 3.8) is 0 Å². The highest BCUT2D eigenvalue weighted by atomic mass is 16.5. The average Bonchev–Trinajstić information content (AvgIpc) is 2.26. The summed E-state index contributed by atoms with van der Waals surface area (Å²) in [4.78, 5) is 11.3. The number of nitrogens with one attached hydrogen (secondary N) is 2. The molecule has 100 valence electrons. The van der Waals surface area contributed by atoms with Crippen LogP contribution in [0.15, 0.2) is 24.3 Å². The van der Waals surface area contributed by atoms with Crippen LogP contribution < -0.4 is 15.4 Å². The summed E-state index contributed by atoms with van der Waals surface area (Å²) in [5.41, 5.74) is 0.864. The molecule has 0 spiro atoms. The van der Waals surface area contributed by atoms with Gasteiger partial charge in [0.25, 0.3) is 0 Å². The predicted octanol–water partition coefficient (Wildman–Crippen LogP) is 1.70. The first-order valence-electron chi connectivity index (χ1n) is 6.10. The van der Waals surface area contributed by atoms with Gasteiger partial charge in [-0.15, -0.1) is 0 Å². The molecule has 0 saturated carbocycles. The van der Waals surface area contributed by atoms with Crippen LogP contribution in [0.4, 0.5) is 0 Å². The third-order valence-corrected chi connectivity index (χ3v) is 2.17. The Labute approximate surface area is 109 Å². The van der Waals surface area contributed by atoms with E-state index < -0.39 is 0 Å². The maximum atomic E-state index is 11.3. The largest absolute Gasteiger partial charge is 0.488 e. The van der Waals surface area contributed by atoms with Gasteiger partial charge in [0.05, 0.1) is 6.54 Å². The third kappa shape index (κ3) is 5.68. The van der Waals surface area contributed by atoms with Gasteiger partial charge in [0.15, 0.2) is 0 Å². The molecule has 4 heteroatoms. The van der Waals surface area contributed by atoms with Gasteiger partial charge in [0, 0.05) is 6.54 Å². The molecule has 0 saturated heterocycles. The smallest absolute Gasteiger partial charge is 0.234 e. The Morgan fingerprint density at radius 3 is 2.33 bits per heavy atom. The molecule has 0 unspecified atom stereocenters. The third-order valence-electron chi connectivity index (χ3n) is 2.17. The van der Waals surface area contributed by atoms with Gasteiger partial charge in [-0.25, -0.2) is 0 Å². The molecule has 0 fully saturated rings. The first kappa shape index (κ1) is 14.5. The predicted molar refractivity (Wildman–Crippen MR) is 72.6 cm³/mol. The summed E-state index contributed by atoms with van der Waals surface area (Å²) >= 11 is 0. The number of carbonyl (C=O) groups is 1.